The summed E-state index contributed by atoms with van der Waals surface area (Å²) in [6.45, 7) is 1.67. The third kappa shape index (κ3) is 4.24. The Labute approximate surface area is 108 Å². The maximum atomic E-state index is 11.6. The van der Waals surface area contributed by atoms with E-state index in [0.29, 0.717) is 10.0 Å². The lowest BCUT2D eigenvalue weighted by atomic mass is 10.4. The number of rotatable bonds is 3. The van der Waals surface area contributed by atoms with Gasteiger partial charge in [0.15, 0.2) is 0 Å². The number of imide groups is 1. The quantitative estimate of drug-likeness (QED) is 0.822. The molecular weight excluding hydrogens is 262 g/mol. The molecule has 92 valence electrons. The van der Waals surface area contributed by atoms with Crippen LogP contribution >= 0.6 is 23.4 Å². The molecule has 1 heterocycles. The van der Waals surface area contributed by atoms with Crippen LogP contribution in [0.5, 0.6) is 0 Å². The summed E-state index contributed by atoms with van der Waals surface area (Å²) in [7, 11) is 1.44. The highest BCUT2D eigenvalue weighted by atomic mass is 35.5. The molecule has 0 saturated carbocycles. The van der Waals surface area contributed by atoms with Gasteiger partial charge in [0.25, 0.3) is 0 Å². The Hall–Kier alpha value is -1.27. The fourth-order valence-electron chi connectivity index (χ4n) is 0.955. The van der Waals surface area contributed by atoms with Gasteiger partial charge in [-0.2, -0.15) is 0 Å². The van der Waals surface area contributed by atoms with Gasteiger partial charge in [0.2, 0.25) is 5.91 Å². The predicted octanol–water partition coefficient (Wildman–Crippen LogP) is 1.67. The first-order chi connectivity index (χ1) is 8.04. The Morgan fingerprint density at radius 3 is 2.82 bits per heavy atom. The van der Waals surface area contributed by atoms with Crippen LogP contribution < -0.4 is 10.6 Å². The van der Waals surface area contributed by atoms with Crippen LogP contribution in [0.4, 0.5) is 4.79 Å². The van der Waals surface area contributed by atoms with Gasteiger partial charge in [0, 0.05) is 13.2 Å². The minimum absolute atomic E-state index is 0.393. The number of halogens is 1. The highest BCUT2D eigenvalue weighted by molar-refractivity contribution is 8.00. The largest absolute Gasteiger partial charge is 0.341 e. The zero-order valence-corrected chi connectivity index (χ0v) is 10.9. The van der Waals surface area contributed by atoms with Crippen molar-refractivity contribution >= 4 is 35.3 Å². The van der Waals surface area contributed by atoms with Crippen molar-refractivity contribution < 1.29 is 9.59 Å². The number of carbonyl (C=O) groups is 2. The second-order valence-electron chi connectivity index (χ2n) is 3.12. The van der Waals surface area contributed by atoms with E-state index in [1.54, 1.807) is 25.3 Å². The minimum atomic E-state index is -0.533. The van der Waals surface area contributed by atoms with Crippen LogP contribution in [0.15, 0.2) is 23.4 Å². The molecule has 0 spiro atoms. The Balaban J connectivity index is 2.60. The Morgan fingerprint density at radius 1 is 1.53 bits per heavy atom. The molecular formula is C10H12ClN3O2S. The zero-order valence-electron chi connectivity index (χ0n) is 9.36. The Kier molecular flexibility index (Phi) is 5.24. The molecule has 1 aromatic heterocycles. The van der Waals surface area contributed by atoms with Gasteiger partial charge in [-0.25, -0.2) is 9.78 Å². The number of nitrogens with one attached hydrogen (secondary N) is 2. The van der Waals surface area contributed by atoms with Crippen molar-refractivity contribution in [1.82, 2.24) is 15.6 Å². The van der Waals surface area contributed by atoms with E-state index in [1.807, 2.05) is 0 Å². The molecule has 0 saturated heterocycles. The van der Waals surface area contributed by atoms with E-state index in [-0.39, 0.29) is 0 Å². The molecule has 0 aliphatic rings. The van der Waals surface area contributed by atoms with Crippen LogP contribution in [0.3, 0.4) is 0 Å². The van der Waals surface area contributed by atoms with Crippen LogP contribution in [0.25, 0.3) is 0 Å². The van der Waals surface area contributed by atoms with Crippen molar-refractivity contribution in [3.05, 3.63) is 23.4 Å². The summed E-state index contributed by atoms with van der Waals surface area (Å²) in [5.74, 6) is -0.393. The van der Waals surface area contributed by atoms with E-state index >= 15 is 0 Å². The number of aromatic nitrogens is 1. The molecule has 0 aliphatic carbocycles. The van der Waals surface area contributed by atoms with Gasteiger partial charge >= 0.3 is 6.03 Å². The molecule has 3 amide bonds. The van der Waals surface area contributed by atoms with Crippen LogP contribution in [-0.2, 0) is 4.79 Å². The highest BCUT2D eigenvalue weighted by Gasteiger charge is 2.18. The van der Waals surface area contributed by atoms with Crippen molar-refractivity contribution in [2.45, 2.75) is 17.2 Å². The Morgan fingerprint density at radius 2 is 2.24 bits per heavy atom. The number of hydrogen-bond acceptors (Lipinski definition) is 4. The molecule has 0 bridgehead atoms. The molecule has 17 heavy (non-hydrogen) atoms. The summed E-state index contributed by atoms with van der Waals surface area (Å²) in [6.07, 6.45) is 1.59. The third-order valence-electron chi connectivity index (χ3n) is 1.85. The standard InChI is InChI=1S/C10H12ClN3O2S/c1-6(8(15)14-10(16)12-2)17-9-7(11)4-3-5-13-9/h3-6H,1-2H3,(H2,12,14,15,16)/t6-/m0/s1. The van der Waals surface area contributed by atoms with Gasteiger partial charge in [0.1, 0.15) is 5.03 Å². The van der Waals surface area contributed by atoms with Crippen LogP contribution in [0.2, 0.25) is 5.02 Å². The lowest BCUT2D eigenvalue weighted by molar-refractivity contribution is -0.119. The average molecular weight is 274 g/mol. The number of thioether (sulfide) groups is 1. The maximum absolute atomic E-state index is 11.6. The number of nitrogens with zero attached hydrogens (tertiary/aromatic N) is 1. The molecule has 0 radical (unpaired) electrons. The zero-order chi connectivity index (χ0) is 12.8. The topological polar surface area (TPSA) is 71.1 Å². The van der Waals surface area contributed by atoms with E-state index in [9.17, 15) is 9.59 Å². The molecule has 1 aromatic rings. The SMILES string of the molecule is CNC(=O)NC(=O)[C@H](C)Sc1ncccc1Cl. The van der Waals surface area contributed by atoms with Crippen LogP contribution in [-0.4, -0.2) is 29.2 Å². The first kappa shape index (κ1) is 13.8. The van der Waals surface area contributed by atoms with E-state index in [4.69, 9.17) is 11.6 Å². The number of carbonyl (C=O) groups excluding carboxylic acids is 2. The molecule has 1 atom stereocenters. The second-order valence-corrected chi connectivity index (χ2v) is 4.86. The van der Waals surface area contributed by atoms with Gasteiger partial charge in [-0.05, 0) is 19.1 Å². The summed E-state index contributed by atoms with van der Waals surface area (Å²) in [4.78, 5) is 26.6. The normalized spacial score (nSPS) is 11.7. The first-order valence-electron chi connectivity index (χ1n) is 4.84. The summed E-state index contributed by atoms with van der Waals surface area (Å²) in [6, 6.07) is 2.87. The van der Waals surface area contributed by atoms with Gasteiger partial charge in [-0.1, -0.05) is 23.4 Å². The van der Waals surface area contributed by atoms with Crippen molar-refractivity contribution in [3.8, 4) is 0 Å². The molecule has 5 nitrogen and oxygen atoms in total. The van der Waals surface area contributed by atoms with Crippen molar-refractivity contribution in [3.63, 3.8) is 0 Å². The fourth-order valence-corrected chi connectivity index (χ4v) is 2.01. The molecule has 0 aliphatic heterocycles. The summed E-state index contributed by atoms with van der Waals surface area (Å²) in [5, 5.41) is 5.08. The number of urea groups is 1. The average Bonchev–Trinajstić information content (AvgIpc) is 2.31. The van der Waals surface area contributed by atoms with Crippen LogP contribution in [0.1, 0.15) is 6.92 Å². The monoisotopic (exact) mass is 273 g/mol. The van der Waals surface area contributed by atoms with E-state index in [1.165, 1.54) is 18.8 Å². The molecule has 7 heteroatoms. The van der Waals surface area contributed by atoms with E-state index in [0.717, 1.165) is 0 Å². The Bertz CT molecular complexity index is 428. The molecule has 0 fully saturated rings. The predicted molar refractivity (Wildman–Crippen MR) is 67.2 cm³/mol. The molecule has 0 aromatic carbocycles. The summed E-state index contributed by atoms with van der Waals surface area (Å²) >= 11 is 7.11. The first-order valence-corrected chi connectivity index (χ1v) is 6.10. The fraction of sp³-hybridized carbons (Fsp3) is 0.300. The smallest absolute Gasteiger partial charge is 0.321 e. The van der Waals surface area contributed by atoms with Crippen LogP contribution in [0, 0.1) is 0 Å². The van der Waals surface area contributed by atoms with Crippen molar-refractivity contribution in [2.75, 3.05) is 7.05 Å². The number of amides is 3. The third-order valence-corrected chi connectivity index (χ3v) is 3.38. The molecule has 0 unspecified atom stereocenters. The van der Waals surface area contributed by atoms with Gasteiger partial charge in [0.05, 0.1) is 10.3 Å². The summed E-state index contributed by atoms with van der Waals surface area (Å²) in [5.41, 5.74) is 0. The molecule has 1 rings (SSSR count). The number of pyridine rings is 1. The van der Waals surface area contributed by atoms with E-state index < -0.39 is 17.2 Å². The minimum Gasteiger partial charge on any atom is -0.341 e. The lowest BCUT2D eigenvalue weighted by Gasteiger charge is -2.10. The summed E-state index contributed by atoms with van der Waals surface area (Å²) < 4.78 is 0. The van der Waals surface area contributed by atoms with Gasteiger partial charge < -0.3 is 5.32 Å². The lowest BCUT2D eigenvalue weighted by Crippen LogP contribution is -2.41. The van der Waals surface area contributed by atoms with E-state index in [2.05, 4.69) is 15.6 Å². The van der Waals surface area contributed by atoms with Gasteiger partial charge in [-0.15, -0.1) is 0 Å². The molecule has 2 N–H and O–H groups in total. The van der Waals surface area contributed by atoms with Crippen molar-refractivity contribution in [2.24, 2.45) is 0 Å². The second kappa shape index (κ2) is 6.46. The van der Waals surface area contributed by atoms with Crippen molar-refractivity contribution in [1.29, 1.82) is 0 Å². The maximum Gasteiger partial charge on any atom is 0.321 e. The van der Waals surface area contributed by atoms with Gasteiger partial charge in [-0.3, -0.25) is 10.1 Å². The number of hydrogen-bond donors (Lipinski definition) is 2. The highest BCUT2D eigenvalue weighted by Crippen LogP contribution is 2.27.